The third-order valence-corrected chi connectivity index (χ3v) is 3.83. The van der Waals surface area contributed by atoms with Crippen LogP contribution < -0.4 is 10.6 Å². The predicted octanol–water partition coefficient (Wildman–Crippen LogP) is 2.81. The molecule has 3 nitrogen and oxygen atoms in total. The van der Waals surface area contributed by atoms with E-state index in [1.165, 1.54) is 5.56 Å². The Kier molecular flexibility index (Phi) is 7.97. The molecular formula is C15H22Cl2N2O. The highest BCUT2D eigenvalue weighted by Gasteiger charge is 2.16. The van der Waals surface area contributed by atoms with Crippen molar-refractivity contribution in [1.82, 2.24) is 10.6 Å². The maximum atomic E-state index is 11.8. The second-order valence-corrected chi connectivity index (χ2v) is 5.56. The molecule has 0 radical (unpaired) electrons. The quantitative estimate of drug-likeness (QED) is 0.877. The smallest absolute Gasteiger partial charge is 0.220 e. The largest absolute Gasteiger partial charge is 0.356 e. The zero-order valence-electron chi connectivity index (χ0n) is 11.5. The number of halogens is 2. The number of rotatable bonds is 5. The lowest BCUT2D eigenvalue weighted by atomic mass is 9.94. The molecule has 0 aromatic heterocycles. The van der Waals surface area contributed by atoms with E-state index in [0.717, 1.165) is 37.4 Å². The number of hydrogen-bond acceptors (Lipinski definition) is 2. The van der Waals surface area contributed by atoms with E-state index >= 15 is 0 Å². The van der Waals surface area contributed by atoms with Gasteiger partial charge < -0.3 is 10.6 Å². The molecule has 1 fully saturated rings. The van der Waals surface area contributed by atoms with E-state index in [4.69, 9.17) is 11.6 Å². The summed E-state index contributed by atoms with van der Waals surface area (Å²) in [5, 5.41) is 7.06. The van der Waals surface area contributed by atoms with Crippen molar-refractivity contribution in [1.29, 1.82) is 0 Å². The first-order valence-corrected chi connectivity index (χ1v) is 7.33. The fourth-order valence-electron chi connectivity index (χ4n) is 2.42. The topological polar surface area (TPSA) is 41.1 Å². The first-order chi connectivity index (χ1) is 9.24. The summed E-state index contributed by atoms with van der Waals surface area (Å²) in [5.74, 6) is 0.734. The highest BCUT2D eigenvalue weighted by Crippen LogP contribution is 2.15. The number of hydrogen-bond donors (Lipinski definition) is 2. The molecule has 0 atom stereocenters. The first kappa shape index (κ1) is 17.3. The lowest BCUT2D eigenvalue weighted by molar-refractivity contribution is -0.122. The van der Waals surface area contributed by atoms with Crippen LogP contribution in [0.4, 0.5) is 0 Å². The molecule has 0 saturated carbocycles. The third-order valence-electron chi connectivity index (χ3n) is 3.58. The maximum Gasteiger partial charge on any atom is 0.220 e. The van der Waals surface area contributed by atoms with Crippen LogP contribution in [0.3, 0.4) is 0 Å². The highest BCUT2D eigenvalue weighted by atomic mass is 35.5. The highest BCUT2D eigenvalue weighted by molar-refractivity contribution is 6.30. The van der Waals surface area contributed by atoms with Crippen LogP contribution in [0.5, 0.6) is 0 Å². The van der Waals surface area contributed by atoms with Crippen LogP contribution in [0.2, 0.25) is 5.02 Å². The van der Waals surface area contributed by atoms with Gasteiger partial charge in [-0.3, -0.25) is 4.79 Å². The summed E-state index contributed by atoms with van der Waals surface area (Å²) in [6, 6.07) is 7.77. The van der Waals surface area contributed by atoms with Crippen molar-refractivity contribution < 1.29 is 4.79 Å². The van der Waals surface area contributed by atoms with Crippen LogP contribution in [0.15, 0.2) is 24.3 Å². The predicted molar refractivity (Wildman–Crippen MR) is 85.6 cm³/mol. The number of carbonyl (C=O) groups is 1. The Bertz CT molecular complexity index is 403. The Morgan fingerprint density at radius 1 is 1.25 bits per heavy atom. The van der Waals surface area contributed by atoms with Crippen molar-refractivity contribution in [3.8, 4) is 0 Å². The summed E-state index contributed by atoms with van der Waals surface area (Å²) in [6.07, 6.45) is 3.76. The van der Waals surface area contributed by atoms with E-state index in [0.29, 0.717) is 18.9 Å². The third kappa shape index (κ3) is 6.12. The molecule has 2 N–H and O–H groups in total. The molecule has 5 heteroatoms. The molecule has 2 rings (SSSR count). The van der Waals surface area contributed by atoms with Crippen molar-refractivity contribution in [3.05, 3.63) is 34.9 Å². The van der Waals surface area contributed by atoms with Crippen molar-refractivity contribution in [2.24, 2.45) is 5.92 Å². The van der Waals surface area contributed by atoms with Gasteiger partial charge in [0.25, 0.3) is 0 Å². The lowest BCUT2D eigenvalue weighted by Crippen LogP contribution is -2.33. The Morgan fingerprint density at radius 2 is 1.90 bits per heavy atom. The summed E-state index contributed by atoms with van der Waals surface area (Å²) in [4.78, 5) is 11.8. The molecule has 1 aromatic rings. The van der Waals surface area contributed by atoms with Gasteiger partial charge in [0.15, 0.2) is 0 Å². The van der Waals surface area contributed by atoms with E-state index in [9.17, 15) is 4.79 Å². The first-order valence-electron chi connectivity index (χ1n) is 6.96. The number of carbonyl (C=O) groups excluding carboxylic acids is 1. The average Bonchev–Trinajstić information content (AvgIpc) is 2.42. The molecule has 0 bridgehead atoms. The molecule has 0 spiro atoms. The summed E-state index contributed by atoms with van der Waals surface area (Å²) >= 11 is 5.83. The minimum atomic E-state index is 0. The molecular weight excluding hydrogens is 295 g/mol. The summed E-state index contributed by atoms with van der Waals surface area (Å²) in [5.41, 5.74) is 1.20. The van der Waals surface area contributed by atoms with Gasteiger partial charge in [-0.2, -0.15) is 0 Å². The van der Waals surface area contributed by atoms with Crippen molar-refractivity contribution in [3.63, 3.8) is 0 Å². The van der Waals surface area contributed by atoms with Crippen molar-refractivity contribution in [2.45, 2.75) is 25.7 Å². The number of benzene rings is 1. The fourth-order valence-corrected chi connectivity index (χ4v) is 2.54. The van der Waals surface area contributed by atoms with Crippen LogP contribution in [-0.2, 0) is 11.2 Å². The zero-order valence-corrected chi connectivity index (χ0v) is 13.1. The molecule has 1 amide bonds. The van der Waals surface area contributed by atoms with E-state index in [1.54, 1.807) is 0 Å². The van der Waals surface area contributed by atoms with Crippen LogP contribution in [0.25, 0.3) is 0 Å². The molecule has 1 aliphatic heterocycles. The van der Waals surface area contributed by atoms with Gasteiger partial charge in [-0.15, -0.1) is 12.4 Å². The maximum absolute atomic E-state index is 11.8. The molecule has 0 unspecified atom stereocenters. The molecule has 1 saturated heterocycles. The number of nitrogens with one attached hydrogen (secondary N) is 2. The minimum absolute atomic E-state index is 0. The van der Waals surface area contributed by atoms with Gasteiger partial charge in [-0.25, -0.2) is 0 Å². The Labute approximate surface area is 131 Å². The Morgan fingerprint density at radius 3 is 2.55 bits per heavy atom. The molecule has 0 aliphatic carbocycles. The monoisotopic (exact) mass is 316 g/mol. The second-order valence-electron chi connectivity index (χ2n) is 5.12. The van der Waals surface area contributed by atoms with Crippen LogP contribution >= 0.6 is 24.0 Å². The van der Waals surface area contributed by atoms with Gasteiger partial charge in [0, 0.05) is 18.0 Å². The van der Waals surface area contributed by atoms with Gasteiger partial charge in [-0.1, -0.05) is 23.7 Å². The van der Waals surface area contributed by atoms with E-state index < -0.39 is 0 Å². The van der Waals surface area contributed by atoms with E-state index in [-0.39, 0.29) is 18.3 Å². The molecule has 1 aliphatic rings. The van der Waals surface area contributed by atoms with Crippen molar-refractivity contribution >= 4 is 29.9 Å². The molecule has 1 heterocycles. The van der Waals surface area contributed by atoms with E-state index in [2.05, 4.69) is 10.6 Å². The zero-order chi connectivity index (χ0) is 13.5. The van der Waals surface area contributed by atoms with Crippen LogP contribution in [0, 0.1) is 5.92 Å². The van der Waals surface area contributed by atoms with Gasteiger partial charge in [0.1, 0.15) is 0 Å². The normalized spacial score (nSPS) is 15.4. The Hall–Kier alpha value is -0.770. The number of piperidine rings is 1. The molecule has 112 valence electrons. The van der Waals surface area contributed by atoms with Gasteiger partial charge in [-0.05, 0) is 56.0 Å². The van der Waals surface area contributed by atoms with Gasteiger partial charge in [0.2, 0.25) is 5.91 Å². The Balaban J connectivity index is 0.00000200. The van der Waals surface area contributed by atoms with Crippen LogP contribution in [-0.4, -0.2) is 25.5 Å². The SMILES string of the molecule is Cl.O=C(CC1CCNCC1)NCCc1ccc(Cl)cc1. The average molecular weight is 317 g/mol. The second kappa shape index (κ2) is 9.22. The van der Waals surface area contributed by atoms with Crippen molar-refractivity contribution in [2.75, 3.05) is 19.6 Å². The summed E-state index contributed by atoms with van der Waals surface area (Å²) in [7, 11) is 0. The summed E-state index contributed by atoms with van der Waals surface area (Å²) in [6.45, 7) is 2.79. The van der Waals surface area contributed by atoms with Gasteiger partial charge in [0.05, 0.1) is 0 Å². The van der Waals surface area contributed by atoms with Crippen LogP contribution in [0.1, 0.15) is 24.8 Å². The fraction of sp³-hybridized carbons (Fsp3) is 0.533. The minimum Gasteiger partial charge on any atom is -0.356 e. The molecule has 20 heavy (non-hydrogen) atoms. The standard InChI is InChI=1S/C15H21ClN2O.ClH/c16-14-3-1-12(2-4-14)7-10-18-15(19)11-13-5-8-17-9-6-13;/h1-4,13,17H,5-11H2,(H,18,19);1H. The van der Waals surface area contributed by atoms with Gasteiger partial charge >= 0.3 is 0 Å². The lowest BCUT2D eigenvalue weighted by Gasteiger charge is -2.21. The number of amides is 1. The summed E-state index contributed by atoms with van der Waals surface area (Å²) < 4.78 is 0. The van der Waals surface area contributed by atoms with E-state index in [1.807, 2.05) is 24.3 Å². The molecule has 1 aromatic carbocycles.